The van der Waals surface area contributed by atoms with Gasteiger partial charge in [-0.1, -0.05) is 48.0 Å². The minimum atomic E-state index is -0.843. The maximum Gasteiger partial charge on any atom is 0.303 e. The van der Waals surface area contributed by atoms with Gasteiger partial charge in [0.05, 0.1) is 17.0 Å². The molecule has 2 heterocycles. The van der Waals surface area contributed by atoms with Crippen molar-refractivity contribution in [3.63, 3.8) is 0 Å². The van der Waals surface area contributed by atoms with E-state index in [1.54, 1.807) is 12.1 Å². The third kappa shape index (κ3) is 6.07. The van der Waals surface area contributed by atoms with Crippen LogP contribution in [0.4, 0.5) is 11.4 Å². The van der Waals surface area contributed by atoms with Crippen LogP contribution in [0.2, 0.25) is 5.02 Å². The molecule has 8 heteroatoms. The highest BCUT2D eigenvalue weighted by Crippen LogP contribution is 2.39. The van der Waals surface area contributed by atoms with Crippen molar-refractivity contribution in [1.82, 2.24) is 9.80 Å². The highest BCUT2D eigenvalue weighted by atomic mass is 35.5. The normalized spacial score (nSPS) is 17.2. The summed E-state index contributed by atoms with van der Waals surface area (Å²) in [6.45, 7) is 5.19. The van der Waals surface area contributed by atoms with Gasteiger partial charge >= 0.3 is 5.97 Å². The molecular weight excluding hydrogens is 500 g/mol. The van der Waals surface area contributed by atoms with Crippen molar-refractivity contribution >= 4 is 46.1 Å². The molecule has 3 N–H and O–H groups in total. The van der Waals surface area contributed by atoms with Gasteiger partial charge in [0.1, 0.15) is 0 Å². The molecule has 0 spiro atoms. The van der Waals surface area contributed by atoms with Gasteiger partial charge in [-0.2, -0.15) is 0 Å². The fourth-order valence-electron chi connectivity index (χ4n) is 4.91. The molecular formula is C30H31ClN4O3. The lowest BCUT2D eigenvalue weighted by atomic mass is 9.97. The van der Waals surface area contributed by atoms with Crippen molar-refractivity contribution in [3.8, 4) is 0 Å². The largest absolute Gasteiger partial charge is 0.481 e. The number of carboxylic acid groups (broad SMARTS) is 1. The van der Waals surface area contributed by atoms with Crippen LogP contribution in [0.1, 0.15) is 28.7 Å². The summed E-state index contributed by atoms with van der Waals surface area (Å²) in [5.74, 6) is -1.06. The lowest BCUT2D eigenvalue weighted by Gasteiger charge is -2.32. The zero-order valence-electron chi connectivity index (χ0n) is 21.3. The number of halogens is 1. The Morgan fingerprint density at radius 2 is 1.76 bits per heavy atom. The van der Waals surface area contributed by atoms with Gasteiger partial charge in [0, 0.05) is 55.4 Å². The molecule has 3 aromatic rings. The molecule has 3 aromatic carbocycles. The molecule has 5 rings (SSSR count). The average Bonchev–Trinajstić information content (AvgIpc) is 3.23. The van der Waals surface area contributed by atoms with Gasteiger partial charge in [-0.25, -0.2) is 0 Å². The minimum Gasteiger partial charge on any atom is -0.481 e. The van der Waals surface area contributed by atoms with Crippen LogP contribution in [0.25, 0.3) is 11.3 Å². The van der Waals surface area contributed by atoms with Crippen LogP contribution in [0.5, 0.6) is 0 Å². The third-order valence-electron chi connectivity index (χ3n) is 7.04. The van der Waals surface area contributed by atoms with Gasteiger partial charge in [0.15, 0.2) is 0 Å². The highest BCUT2D eigenvalue weighted by Gasteiger charge is 2.29. The molecule has 7 nitrogen and oxygen atoms in total. The Labute approximate surface area is 227 Å². The summed E-state index contributed by atoms with van der Waals surface area (Å²) in [4.78, 5) is 29.1. The minimum absolute atomic E-state index is 0.0410. The maximum atomic E-state index is 13.2. The zero-order valence-corrected chi connectivity index (χ0v) is 22.1. The fraction of sp³-hybridized carbons (Fsp3) is 0.267. The number of benzene rings is 3. The Morgan fingerprint density at radius 3 is 2.50 bits per heavy atom. The van der Waals surface area contributed by atoms with Gasteiger partial charge in [0.25, 0.3) is 5.91 Å². The standard InChI is InChI=1S/C30H31ClN4O3/c1-34-13-15-35(16-14-34)19-21-5-9-24(10-6-21)32-29(22-4-2-3-20(17-22)7-12-27(36)37)28-25-11-8-23(31)18-26(25)33-30(28)38/h2-6,8-11,17-18,32H,7,12-16,19H2,1H3,(H,33,38)(H,36,37)/b29-28-. The number of aryl methyl sites for hydroxylation is 1. The average molecular weight is 531 g/mol. The van der Waals surface area contributed by atoms with Gasteiger partial charge in [-0.05, 0) is 60.5 Å². The van der Waals surface area contributed by atoms with Crippen molar-refractivity contribution < 1.29 is 14.7 Å². The number of hydrogen-bond acceptors (Lipinski definition) is 5. The Kier molecular flexibility index (Phi) is 7.79. The zero-order chi connectivity index (χ0) is 26.6. The van der Waals surface area contributed by atoms with E-state index in [4.69, 9.17) is 16.7 Å². The number of nitrogens with one attached hydrogen (secondary N) is 2. The van der Waals surface area contributed by atoms with E-state index in [9.17, 15) is 9.59 Å². The summed E-state index contributed by atoms with van der Waals surface area (Å²) < 4.78 is 0. The van der Waals surface area contributed by atoms with Gasteiger partial charge in [0.2, 0.25) is 0 Å². The number of amides is 1. The first-order chi connectivity index (χ1) is 18.4. The summed E-state index contributed by atoms with van der Waals surface area (Å²) in [5.41, 5.74) is 6.42. The highest BCUT2D eigenvalue weighted by molar-refractivity contribution is 6.38. The summed E-state index contributed by atoms with van der Waals surface area (Å²) in [5, 5.41) is 16.1. The van der Waals surface area contributed by atoms with Crippen molar-refractivity contribution in [1.29, 1.82) is 0 Å². The van der Waals surface area contributed by atoms with Crippen LogP contribution in [-0.4, -0.2) is 60.0 Å². The summed E-state index contributed by atoms with van der Waals surface area (Å²) in [6, 6.07) is 21.4. The molecule has 2 aliphatic rings. The van der Waals surface area contributed by atoms with Crippen LogP contribution in [0, 0.1) is 0 Å². The molecule has 1 saturated heterocycles. The van der Waals surface area contributed by atoms with E-state index in [1.807, 2.05) is 42.5 Å². The van der Waals surface area contributed by atoms with E-state index in [0.29, 0.717) is 28.4 Å². The van der Waals surface area contributed by atoms with E-state index in [2.05, 4.69) is 39.6 Å². The number of hydrogen-bond donors (Lipinski definition) is 3. The van der Waals surface area contributed by atoms with Crippen LogP contribution in [0.3, 0.4) is 0 Å². The van der Waals surface area contributed by atoms with Crippen LogP contribution in [-0.2, 0) is 22.6 Å². The molecule has 38 heavy (non-hydrogen) atoms. The second-order valence-corrected chi connectivity index (χ2v) is 10.3. The Morgan fingerprint density at radius 1 is 1.00 bits per heavy atom. The SMILES string of the molecule is CN1CCN(Cc2ccc(N/C(=C3\C(=O)Nc4cc(Cl)ccc43)c3cccc(CCC(=O)O)c3)cc2)CC1. The van der Waals surface area contributed by atoms with Gasteiger partial charge in [-0.15, -0.1) is 0 Å². The van der Waals surface area contributed by atoms with Crippen LogP contribution >= 0.6 is 11.6 Å². The molecule has 1 fully saturated rings. The Bertz CT molecular complexity index is 1380. The van der Waals surface area contributed by atoms with Gasteiger partial charge in [-0.3, -0.25) is 14.5 Å². The van der Waals surface area contributed by atoms with E-state index in [0.717, 1.165) is 55.1 Å². The fourth-order valence-corrected chi connectivity index (χ4v) is 5.08. The van der Waals surface area contributed by atoms with Crippen molar-refractivity contribution in [2.75, 3.05) is 43.9 Å². The number of anilines is 2. The number of piperazine rings is 1. The van der Waals surface area contributed by atoms with E-state index < -0.39 is 5.97 Å². The number of nitrogens with zero attached hydrogens (tertiary/aromatic N) is 2. The maximum absolute atomic E-state index is 13.2. The van der Waals surface area contributed by atoms with Crippen molar-refractivity contribution in [2.45, 2.75) is 19.4 Å². The number of carbonyl (C=O) groups excluding carboxylic acids is 1. The quantitative estimate of drug-likeness (QED) is 0.354. The van der Waals surface area contributed by atoms with Crippen LogP contribution < -0.4 is 10.6 Å². The molecule has 0 radical (unpaired) electrons. The van der Waals surface area contributed by atoms with Crippen LogP contribution in [0.15, 0.2) is 66.7 Å². The third-order valence-corrected chi connectivity index (χ3v) is 7.28. The Hall–Kier alpha value is -3.65. The smallest absolute Gasteiger partial charge is 0.303 e. The van der Waals surface area contributed by atoms with Gasteiger partial charge < -0.3 is 20.6 Å². The first-order valence-corrected chi connectivity index (χ1v) is 13.2. The number of fused-ring (bicyclic) bond motifs is 1. The molecule has 0 saturated carbocycles. The molecule has 0 aromatic heterocycles. The summed E-state index contributed by atoms with van der Waals surface area (Å²) in [7, 11) is 2.16. The van der Waals surface area contributed by atoms with E-state index in [1.165, 1.54) is 5.56 Å². The van der Waals surface area contributed by atoms with Crippen molar-refractivity contribution in [3.05, 3.63) is 94.0 Å². The molecule has 196 valence electrons. The molecule has 1 amide bonds. The number of rotatable bonds is 8. The molecule has 0 bridgehead atoms. The monoisotopic (exact) mass is 530 g/mol. The lowest BCUT2D eigenvalue weighted by molar-refractivity contribution is -0.137. The number of carboxylic acids is 1. The first kappa shape index (κ1) is 26.0. The molecule has 0 aliphatic carbocycles. The number of carbonyl (C=O) groups is 2. The van der Waals surface area contributed by atoms with E-state index in [-0.39, 0.29) is 12.3 Å². The second kappa shape index (κ2) is 11.4. The Balaban J connectivity index is 1.47. The predicted octanol–water partition coefficient (Wildman–Crippen LogP) is 5.04. The number of aliphatic carboxylic acids is 1. The summed E-state index contributed by atoms with van der Waals surface area (Å²) >= 11 is 6.18. The number of likely N-dealkylation sites (N-methyl/N-ethyl adjacent to an activating group) is 1. The summed E-state index contributed by atoms with van der Waals surface area (Å²) in [6.07, 6.45) is 0.449. The molecule has 0 atom stereocenters. The molecule has 0 unspecified atom stereocenters. The van der Waals surface area contributed by atoms with Crippen molar-refractivity contribution in [2.24, 2.45) is 0 Å². The molecule has 2 aliphatic heterocycles. The first-order valence-electron chi connectivity index (χ1n) is 12.8. The second-order valence-electron chi connectivity index (χ2n) is 9.89. The lowest BCUT2D eigenvalue weighted by Crippen LogP contribution is -2.43. The topological polar surface area (TPSA) is 84.9 Å². The predicted molar refractivity (Wildman–Crippen MR) is 152 cm³/mol. The van der Waals surface area contributed by atoms with E-state index >= 15 is 0 Å².